The zero-order valence-electron chi connectivity index (χ0n) is 18.0. The van der Waals surface area contributed by atoms with E-state index in [1.165, 1.54) is 18.2 Å². The first-order valence-corrected chi connectivity index (χ1v) is 11.8. The molecule has 1 aromatic heterocycles. The Bertz CT molecular complexity index is 1000. The summed E-state index contributed by atoms with van der Waals surface area (Å²) in [5.41, 5.74) is 1.91. The van der Waals surface area contributed by atoms with Gasteiger partial charge in [-0.15, -0.1) is 10.2 Å². The van der Waals surface area contributed by atoms with Crippen LogP contribution in [0.3, 0.4) is 0 Å². The zero-order chi connectivity index (χ0) is 21.6. The molecule has 0 N–H and O–H groups in total. The molecule has 1 amide bonds. The summed E-state index contributed by atoms with van der Waals surface area (Å²) < 4.78 is 7.32. The summed E-state index contributed by atoms with van der Waals surface area (Å²) in [4.78, 5) is 15.0. The van der Waals surface area contributed by atoms with Crippen molar-refractivity contribution < 1.29 is 9.53 Å². The number of benzene rings is 2. The van der Waals surface area contributed by atoms with Crippen molar-refractivity contribution in [3.63, 3.8) is 0 Å². The molecular formula is C24H28N4O2S. The molecule has 1 atom stereocenters. The highest BCUT2D eigenvalue weighted by Crippen LogP contribution is 2.29. The average Bonchev–Trinajstić information content (AvgIpc) is 3.27. The van der Waals surface area contributed by atoms with Gasteiger partial charge in [-0.05, 0) is 49.9 Å². The van der Waals surface area contributed by atoms with E-state index in [9.17, 15) is 4.79 Å². The molecule has 31 heavy (non-hydrogen) atoms. The predicted octanol–water partition coefficient (Wildman–Crippen LogP) is 4.83. The van der Waals surface area contributed by atoms with Crippen LogP contribution in [0.4, 0.5) is 0 Å². The van der Waals surface area contributed by atoms with Crippen LogP contribution < -0.4 is 4.74 Å². The van der Waals surface area contributed by atoms with E-state index in [0.29, 0.717) is 17.0 Å². The minimum Gasteiger partial charge on any atom is -0.497 e. The maximum atomic E-state index is 13.0. The van der Waals surface area contributed by atoms with Crippen LogP contribution in [0.1, 0.15) is 32.6 Å². The van der Waals surface area contributed by atoms with Gasteiger partial charge in [-0.1, -0.05) is 49.0 Å². The summed E-state index contributed by atoms with van der Waals surface area (Å²) in [6.45, 7) is 3.02. The first-order valence-electron chi connectivity index (χ1n) is 10.8. The Morgan fingerprint density at radius 2 is 1.87 bits per heavy atom. The van der Waals surface area contributed by atoms with Crippen molar-refractivity contribution in [1.29, 1.82) is 0 Å². The van der Waals surface area contributed by atoms with Gasteiger partial charge in [0.05, 0.1) is 12.9 Å². The second-order valence-electron chi connectivity index (χ2n) is 7.64. The molecule has 162 valence electrons. The SMILES string of the molecule is CCC1CCCCN1C(=O)CSc1nnc(-c2ccccc2)n1-c1ccc(OC)cc1. The van der Waals surface area contributed by atoms with Gasteiger partial charge in [-0.25, -0.2) is 0 Å². The van der Waals surface area contributed by atoms with Crippen LogP contribution in [0.5, 0.6) is 5.75 Å². The Morgan fingerprint density at radius 1 is 1.10 bits per heavy atom. The maximum absolute atomic E-state index is 13.0. The van der Waals surface area contributed by atoms with Gasteiger partial charge in [-0.2, -0.15) is 0 Å². The van der Waals surface area contributed by atoms with Crippen molar-refractivity contribution in [2.45, 2.75) is 43.8 Å². The first-order chi connectivity index (χ1) is 15.2. The highest BCUT2D eigenvalue weighted by atomic mass is 32.2. The number of aromatic nitrogens is 3. The van der Waals surface area contributed by atoms with E-state index >= 15 is 0 Å². The molecule has 1 aliphatic rings. The van der Waals surface area contributed by atoms with E-state index in [2.05, 4.69) is 22.0 Å². The van der Waals surface area contributed by atoms with Crippen molar-refractivity contribution in [3.05, 3.63) is 54.6 Å². The summed E-state index contributed by atoms with van der Waals surface area (Å²) >= 11 is 1.45. The van der Waals surface area contributed by atoms with E-state index in [0.717, 1.165) is 48.6 Å². The molecule has 2 aromatic carbocycles. The third-order valence-corrected chi connectivity index (χ3v) is 6.65. The normalized spacial score (nSPS) is 16.3. The highest BCUT2D eigenvalue weighted by molar-refractivity contribution is 7.99. The Balaban J connectivity index is 1.61. The van der Waals surface area contributed by atoms with Crippen LogP contribution in [-0.2, 0) is 4.79 Å². The van der Waals surface area contributed by atoms with E-state index in [-0.39, 0.29) is 5.91 Å². The number of carbonyl (C=O) groups is 1. The lowest BCUT2D eigenvalue weighted by Crippen LogP contribution is -2.44. The van der Waals surface area contributed by atoms with Crippen LogP contribution in [0, 0.1) is 0 Å². The molecule has 6 nitrogen and oxygen atoms in total. The lowest BCUT2D eigenvalue weighted by atomic mass is 10.0. The minimum absolute atomic E-state index is 0.182. The Kier molecular flexibility index (Phi) is 6.92. The zero-order valence-corrected chi connectivity index (χ0v) is 18.8. The number of methoxy groups -OCH3 is 1. The van der Waals surface area contributed by atoms with Gasteiger partial charge in [0.2, 0.25) is 5.91 Å². The molecule has 7 heteroatoms. The molecule has 1 fully saturated rings. The molecular weight excluding hydrogens is 408 g/mol. The number of piperidine rings is 1. The standard InChI is InChI=1S/C24H28N4O2S/c1-3-19-11-7-8-16-27(19)22(29)17-31-24-26-25-23(18-9-5-4-6-10-18)28(24)20-12-14-21(30-2)15-13-20/h4-6,9-10,12-15,19H,3,7-8,11,16-17H2,1-2H3. The van der Waals surface area contributed by atoms with Gasteiger partial charge in [-0.3, -0.25) is 9.36 Å². The summed E-state index contributed by atoms with van der Waals surface area (Å²) in [6.07, 6.45) is 4.42. The van der Waals surface area contributed by atoms with Gasteiger partial charge in [0, 0.05) is 23.8 Å². The average molecular weight is 437 g/mol. The Hall–Kier alpha value is -2.80. The van der Waals surface area contributed by atoms with Crippen molar-refractivity contribution in [2.75, 3.05) is 19.4 Å². The topological polar surface area (TPSA) is 60.2 Å². The van der Waals surface area contributed by atoms with E-state index in [1.54, 1.807) is 7.11 Å². The smallest absolute Gasteiger partial charge is 0.233 e. The van der Waals surface area contributed by atoms with Crippen molar-refractivity contribution in [3.8, 4) is 22.8 Å². The summed E-state index contributed by atoms with van der Waals surface area (Å²) in [5, 5.41) is 9.62. The quantitative estimate of drug-likeness (QED) is 0.497. The Labute approximate surface area is 187 Å². The number of hydrogen-bond acceptors (Lipinski definition) is 5. The van der Waals surface area contributed by atoms with Crippen LogP contribution >= 0.6 is 11.8 Å². The largest absolute Gasteiger partial charge is 0.497 e. The van der Waals surface area contributed by atoms with Crippen LogP contribution in [0.15, 0.2) is 59.8 Å². The van der Waals surface area contributed by atoms with Crippen LogP contribution in [0.2, 0.25) is 0 Å². The van der Waals surface area contributed by atoms with E-state index in [1.807, 2.05) is 59.2 Å². The number of amides is 1. The molecule has 2 heterocycles. The summed E-state index contributed by atoms with van der Waals surface area (Å²) in [7, 11) is 1.65. The molecule has 3 aromatic rings. The second kappa shape index (κ2) is 10.0. The third kappa shape index (κ3) is 4.77. The second-order valence-corrected chi connectivity index (χ2v) is 8.58. The van der Waals surface area contributed by atoms with Crippen molar-refractivity contribution in [2.24, 2.45) is 0 Å². The number of hydrogen-bond donors (Lipinski definition) is 0. The van der Waals surface area contributed by atoms with E-state index in [4.69, 9.17) is 4.74 Å². The number of carbonyl (C=O) groups excluding carboxylic acids is 1. The summed E-state index contributed by atoms with van der Waals surface area (Å²) in [5.74, 6) is 2.09. The monoisotopic (exact) mass is 436 g/mol. The molecule has 0 saturated carbocycles. The molecule has 1 aliphatic heterocycles. The third-order valence-electron chi connectivity index (χ3n) is 5.74. The van der Waals surface area contributed by atoms with Crippen LogP contribution in [0.25, 0.3) is 17.1 Å². The number of rotatable bonds is 7. The summed E-state index contributed by atoms with van der Waals surface area (Å²) in [6, 6.07) is 18.2. The lowest BCUT2D eigenvalue weighted by Gasteiger charge is -2.35. The van der Waals surface area contributed by atoms with E-state index < -0.39 is 0 Å². The molecule has 1 saturated heterocycles. The van der Waals surface area contributed by atoms with Crippen LogP contribution in [-0.4, -0.2) is 51.0 Å². The number of likely N-dealkylation sites (tertiary alicyclic amines) is 1. The van der Waals surface area contributed by atoms with Gasteiger partial charge in [0.25, 0.3) is 0 Å². The maximum Gasteiger partial charge on any atom is 0.233 e. The minimum atomic E-state index is 0.182. The molecule has 4 rings (SSSR count). The van der Waals surface area contributed by atoms with Crippen molar-refractivity contribution in [1.82, 2.24) is 19.7 Å². The molecule has 0 radical (unpaired) electrons. The lowest BCUT2D eigenvalue weighted by molar-refractivity contribution is -0.132. The van der Waals surface area contributed by atoms with Gasteiger partial charge >= 0.3 is 0 Å². The van der Waals surface area contributed by atoms with Crippen molar-refractivity contribution >= 4 is 17.7 Å². The fourth-order valence-corrected chi connectivity index (χ4v) is 4.90. The predicted molar refractivity (Wildman–Crippen MR) is 124 cm³/mol. The molecule has 0 spiro atoms. The molecule has 0 bridgehead atoms. The number of nitrogens with zero attached hydrogens (tertiary/aromatic N) is 4. The fraction of sp³-hybridized carbons (Fsp3) is 0.375. The first kappa shape index (κ1) is 21.4. The Morgan fingerprint density at radius 3 is 2.58 bits per heavy atom. The number of ether oxygens (including phenoxy) is 1. The van der Waals surface area contributed by atoms with Gasteiger partial charge in [0.15, 0.2) is 11.0 Å². The molecule has 1 unspecified atom stereocenters. The van der Waals surface area contributed by atoms with Gasteiger partial charge in [0.1, 0.15) is 5.75 Å². The fourth-order valence-electron chi connectivity index (χ4n) is 4.06. The molecule has 0 aliphatic carbocycles. The number of thioether (sulfide) groups is 1. The van der Waals surface area contributed by atoms with Gasteiger partial charge < -0.3 is 9.64 Å². The highest BCUT2D eigenvalue weighted by Gasteiger charge is 2.26.